The zero-order chi connectivity index (χ0) is 17.1. The maximum atomic E-state index is 13.4. The van der Waals surface area contributed by atoms with Crippen LogP contribution in [0.2, 0.25) is 0 Å². The van der Waals surface area contributed by atoms with Crippen molar-refractivity contribution in [2.24, 2.45) is 0 Å². The van der Waals surface area contributed by atoms with Crippen molar-refractivity contribution in [3.63, 3.8) is 0 Å². The number of likely N-dealkylation sites (N-methyl/N-ethyl adjacent to an activating group) is 1. The molecule has 1 N–H and O–H groups in total. The average Bonchev–Trinajstić information content (AvgIpc) is 2.88. The molecule has 23 heavy (non-hydrogen) atoms. The Hall–Kier alpha value is -2.44. The summed E-state index contributed by atoms with van der Waals surface area (Å²) in [7, 11) is 0. The van der Waals surface area contributed by atoms with Crippen LogP contribution in [0.3, 0.4) is 0 Å². The molecule has 0 unspecified atom stereocenters. The van der Waals surface area contributed by atoms with Crippen molar-refractivity contribution >= 4 is 11.9 Å². The minimum Gasteiger partial charge on any atom is -0.327 e. The highest BCUT2D eigenvalue weighted by Gasteiger charge is 2.31. The molecular weight excluding hydrogens is 304 g/mol. The predicted molar refractivity (Wildman–Crippen MR) is 81.4 cm³/mol. The minimum atomic E-state index is -0.989. The fraction of sp³-hybridized carbons (Fsp3) is 0.375. The lowest BCUT2D eigenvalue weighted by Gasteiger charge is -2.24. The van der Waals surface area contributed by atoms with Crippen LogP contribution in [0.4, 0.5) is 13.6 Å². The Kier molecular flexibility index (Phi) is 4.98. The largest absolute Gasteiger partial charge is 0.327 e. The van der Waals surface area contributed by atoms with Gasteiger partial charge in [0.15, 0.2) is 11.6 Å². The number of halogens is 2. The number of carbonyl (C=O) groups excluding carboxylic acids is 2. The van der Waals surface area contributed by atoms with E-state index in [9.17, 15) is 18.4 Å². The summed E-state index contributed by atoms with van der Waals surface area (Å²) in [6, 6.07) is 2.31. The number of hydrogen-bond donors (Lipinski definition) is 1. The van der Waals surface area contributed by atoms with Gasteiger partial charge in [-0.1, -0.05) is 18.2 Å². The van der Waals surface area contributed by atoms with Crippen molar-refractivity contribution in [1.82, 2.24) is 15.1 Å². The third-order valence-corrected chi connectivity index (χ3v) is 3.73. The highest BCUT2D eigenvalue weighted by atomic mass is 19.2. The molecule has 3 amide bonds. The fourth-order valence-electron chi connectivity index (χ4n) is 2.41. The van der Waals surface area contributed by atoms with E-state index in [1.165, 1.54) is 11.0 Å². The molecule has 1 atom stereocenters. The number of amides is 3. The normalized spacial score (nSPS) is 15.7. The number of nitrogens with zero attached hydrogens (tertiary/aromatic N) is 2. The van der Waals surface area contributed by atoms with Gasteiger partial charge in [0.05, 0.1) is 12.7 Å². The summed E-state index contributed by atoms with van der Waals surface area (Å²) in [5.74, 6) is -2.07. The van der Waals surface area contributed by atoms with E-state index in [0.717, 1.165) is 12.1 Å². The Morgan fingerprint density at radius 3 is 2.61 bits per heavy atom. The van der Waals surface area contributed by atoms with Crippen LogP contribution < -0.4 is 5.32 Å². The topological polar surface area (TPSA) is 52.7 Å². The van der Waals surface area contributed by atoms with E-state index in [-0.39, 0.29) is 19.1 Å². The number of rotatable bonds is 4. The Bertz CT molecular complexity index is 648. The van der Waals surface area contributed by atoms with Gasteiger partial charge in [0.2, 0.25) is 5.91 Å². The Labute approximate surface area is 133 Å². The summed E-state index contributed by atoms with van der Waals surface area (Å²) < 4.78 is 26.5. The molecule has 0 bridgehead atoms. The molecule has 7 heteroatoms. The van der Waals surface area contributed by atoms with Gasteiger partial charge < -0.3 is 10.2 Å². The highest BCUT2D eigenvalue weighted by Crippen LogP contribution is 2.22. The molecule has 0 spiro atoms. The molecule has 0 aliphatic carbocycles. The van der Waals surface area contributed by atoms with Gasteiger partial charge in [-0.25, -0.2) is 13.6 Å². The first-order chi connectivity index (χ1) is 10.8. The summed E-state index contributed by atoms with van der Waals surface area (Å²) in [6.07, 6.45) is 0. The third-order valence-electron chi connectivity index (χ3n) is 3.73. The van der Waals surface area contributed by atoms with Gasteiger partial charge in [-0.05, 0) is 31.5 Å². The monoisotopic (exact) mass is 323 g/mol. The molecular formula is C16H19F2N3O2. The lowest BCUT2D eigenvalue weighted by molar-refractivity contribution is -0.126. The molecule has 0 aromatic heterocycles. The first-order valence-electron chi connectivity index (χ1n) is 7.27. The van der Waals surface area contributed by atoms with Gasteiger partial charge in [0.1, 0.15) is 6.54 Å². The van der Waals surface area contributed by atoms with Crippen molar-refractivity contribution in [3.8, 4) is 0 Å². The summed E-state index contributed by atoms with van der Waals surface area (Å²) >= 11 is 0. The summed E-state index contributed by atoms with van der Waals surface area (Å²) in [4.78, 5) is 26.9. The van der Waals surface area contributed by atoms with Crippen LogP contribution in [0.5, 0.6) is 0 Å². The second kappa shape index (κ2) is 6.76. The van der Waals surface area contributed by atoms with Crippen molar-refractivity contribution in [2.45, 2.75) is 19.9 Å². The number of carbonyl (C=O) groups is 2. The molecule has 0 radical (unpaired) electrons. The van der Waals surface area contributed by atoms with Crippen molar-refractivity contribution in [1.29, 1.82) is 0 Å². The maximum absolute atomic E-state index is 13.4. The van der Waals surface area contributed by atoms with E-state index in [2.05, 4.69) is 11.9 Å². The predicted octanol–water partition coefficient (Wildman–Crippen LogP) is 2.41. The van der Waals surface area contributed by atoms with Gasteiger partial charge in [0, 0.05) is 6.54 Å². The first kappa shape index (κ1) is 16.9. The van der Waals surface area contributed by atoms with Crippen LogP contribution in [0.15, 0.2) is 30.4 Å². The van der Waals surface area contributed by atoms with Crippen molar-refractivity contribution < 1.29 is 18.4 Å². The van der Waals surface area contributed by atoms with Crippen molar-refractivity contribution in [2.75, 3.05) is 19.8 Å². The summed E-state index contributed by atoms with van der Waals surface area (Å²) in [5, 5.41) is 2.71. The number of hydrogen-bond acceptors (Lipinski definition) is 2. The van der Waals surface area contributed by atoms with Crippen LogP contribution in [-0.2, 0) is 4.79 Å². The van der Waals surface area contributed by atoms with E-state index < -0.39 is 23.7 Å². The van der Waals surface area contributed by atoms with Crippen LogP contribution in [-0.4, -0.2) is 41.5 Å². The molecule has 5 nitrogen and oxygen atoms in total. The number of benzene rings is 1. The van der Waals surface area contributed by atoms with E-state index in [4.69, 9.17) is 0 Å². The van der Waals surface area contributed by atoms with Gasteiger partial charge in [-0.3, -0.25) is 9.69 Å². The molecule has 1 aromatic rings. The Morgan fingerprint density at radius 1 is 1.39 bits per heavy atom. The van der Waals surface area contributed by atoms with Crippen LogP contribution in [0, 0.1) is 11.6 Å². The lowest BCUT2D eigenvalue weighted by atomic mass is 10.0. The maximum Gasteiger partial charge on any atom is 0.320 e. The second-order valence-electron chi connectivity index (χ2n) is 5.49. The molecule has 1 aromatic carbocycles. The van der Waals surface area contributed by atoms with Crippen LogP contribution in [0.1, 0.15) is 25.5 Å². The first-order valence-corrected chi connectivity index (χ1v) is 7.27. The molecule has 1 heterocycles. The molecule has 1 aliphatic rings. The van der Waals surface area contributed by atoms with E-state index in [1.54, 1.807) is 11.8 Å². The van der Waals surface area contributed by atoms with Gasteiger partial charge in [-0.15, -0.1) is 0 Å². The van der Waals surface area contributed by atoms with Crippen LogP contribution in [0.25, 0.3) is 0 Å². The molecule has 2 rings (SSSR count). The zero-order valence-corrected chi connectivity index (χ0v) is 13.1. The lowest BCUT2D eigenvalue weighted by Crippen LogP contribution is -2.41. The Morgan fingerprint density at radius 2 is 2.09 bits per heavy atom. The number of urea groups is 1. The highest BCUT2D eigenvalue weighted by molar-refractivity contribution is 5.87. The third kappa shape index (κ3) is 3.67. The smallest absolute Gasteiger partial charge is 0.320 e. The van der Waals surface area contributed by atoms with Gasteiger partial charge >= 0.3 is 6.03 Å². The SMILES string of the molecule is C=C(C)[C@@H](NC(=O)N1CC(=O)N(CC)C1)c1ccc(F)c(F)c1. The summed E-state index contributed by atoms with van der Waals surface area (Å²) in [6.45, 7) is 8.03. The van der Waals surface area contributed by atoms with E-state index in [1.807, 2.05) is 6.92 Å². The van der Waals surface area contributed by atoms with Crippen molar-refractivity contribution in [3.05, 3.63) is 47.5 Å². The molecule has 124 valence electrons. The van der Waals surface area contributed by atoms with Crippen LogP contribution >= 0.6 is 0 Å². The second-order valence-corrected chi connectivity index (χ2v) is 5.49. The molecule has 1 fully saturated rings. The average molecular weight is 323 g/mol. The molecule has 1 saturated heterocycles. The minimum absolute atomic E-state index is 0.000360. The standard InChI is InChI=1S/C16H19F2N3O2/c1-4-20-9-21(8-14(20)22)16(23)19-15(10(2)3)11-5-6-12(17)13(18)7-11/h5-7,15H,2,4,8-9H2,1,3H3,(H,19,23)/t15-/m1/s1. The molecule has 0 saturated carbocycles. The van der Waals surface area contributed by atoms with Gasteiger partial charge in [-0.2, -0.15) is 0 Å². The molecule has 1 aliphatic heterocycles. The summed E-state index contributed by atoms with van der Waals surface area (Å²) in [5.41, 5.74) is 0.963. The Balaban J connectivity index is 2.14. The quantitative estimate of drug-likeness (QED) is 0.865. The van der Waals surface area contributed by atoms with E-state index in [0.29, 0.717) is 17.7 Å². The fourth-order valence-corrected chi connectivity index (χ4v) is 2.41. The zero-order valence-electron chi connectivity index (χ0n) is 13.1. The van der Waals surface area contributed by atoms with E-state index >= 15 is 0 Å². The number of nitrogens with one attached hydrogen (secondary N) is 1. The van der Waals surface area contributed by atoms with Gasteiger partial charge in [0.25, 0.3) is 0 Å².